The van der Waals surface area contributed by atoms with Crippen LogP contribution in [-0.4, -0.2) is 30.8 Å². The van der Waals surface area contributed by atoms with Gasteiger partial charge in [-0.3, -0.25) is 9.55 Å². The lowest BCUT2D eigenvalue weighted by atomic mass is 10.2. The van der Waals surface area contributed by atoms with Crippen LogP contribution in [-0.2, 0) is 4.79 Å². The Morgan fingerprint density at radius 3 is 2.82 bits per heavy atom. The van der Waals surface area contributed by atoms with Crippen LogP contribution in [0.2, 0.25) is 0 Å². The van der Waals surface area contributed by atoms with Gasteiger partial charge in [0.2, 0.25) is 0 Å². The quantitative estimate of drug-likeness (QED) is 0.862. The van der Waals surface area contributed by atoms with E-state index in [4.69, 9.17) is 5.11 Å². The van der Waals surface area contributed by atoms with Gasteiger partial charge >= 0.3 is 5.97 Å². The summed E-state index contributed by atoms with van der Waals surface area (Å²) in [7, 11) is 0. The molecule has 0 fully saturated rings. The second kappa shape index (κ2) is 4.32. The smallest absolute Gasteiger partial charge is 0.326 e. The second-order valence-corrected chi connectivity index (χ2v) is 3.70. The van der Waals surface area contributed by atoms with Gasteiger partial charge < -0.3 is 5.11 Å². The van der Waals surface area contributed by atoms with Crippen molar-refractivity contribution in [2.24, 2.45) is 0 Å². The molecule has 1 unspecified atom stereocenters. The molecule has 6 nitrogen and oxygen atoms in total. The molecule has 0 saturated heterocycles. The van der Waals surface area contributed by atoms with E-state index in [9.17, 15) is 4.79 Å². The van der Waals surface area contributed by atoms with Crippen molar-refractivity contribution in [3.8, 4) is 11.4 Å². The lowest BCUT2D eigenvalue weighted by Gasteiger charge is -2.12. The number of carbonyl (C=O) groups is 1. The van der Waals surface area contributed by atoms with Gasteiger partial charge in [0.05, 0.1) is 0 Å². The van der Waals surface area contributed by atoms with Crippen LogP contribution in [0.5, 0.6) is 0 Å². The minimum atomic E-state index is -0.918. The zero-order valence-corrected chi connectivity index (χ0v) is 9.53. The summed E-state index contributed by atoms with van der Waals surface area (Å²) in [6.07, 6.45) is 3.28. The van der Waals surface area contributed by atoms with Crippen LogP contribution >= 0.6 is 0 Å². The molecule has 1 atom stereocenters. The Morgan fingerprint density at radius 1 is 1.47 bits per heavy atom. The summed E-state index contributed by atoms with van der Waals surface area (Å²) in [5, 5.41) is 17.0. The summed E-state index contributed by atoms with van der Waals surface area (Å²) in [6, 6.07) is 2.89. The third kappa shape index (κ3) is 2.01. The van der Waals surface area contributed by atoms with Crippen LogP contribution in [0.1, 0.15) is 18.8 Å². The molecule has 0 amide bonds. The molecule has 2 rings (SSSR count). The van der Waals surface area contributed by atoms with Crippen LogP contribution in [0.4, 0.5) is 0 Å². The monoisotopic (exact) mass is 232 g/mol. The van der Waals surface area contributed by atoms with Crippen molar-refractivity contribution in [1.29, 1.82) is 0 Å². The standard InChI is InChI=1S/C11H12N4O2/c1-7(11(16)17)15-8(2)13-14-10(15)9-4-3-5-12-6-9/h3-7H,1-2H3,(H,16,17). The zero-order chi connectivity index (χ0) is 12.4. The molecule has 17 heavy (non-hydrogen) atoms. The lowest BCUT2D eigenvalue weighted by molar-refractivity contribution is -0.140. The number of pyridine rings is 1. The molecular formula is C11H12N4O2. The lowest BCUT2D eigenvalue weighted by Crippen LogP contribution is -2.17. The molecule has 1 N–H and O–H groups in total. The summed E-state index contributed by atoms with van der Waals surface area (Å²) in [5.74, 6) is 0.169. The van der Waals surface area contributed by atoms with Crippen LogP contribution in [0.25, 0.3) is 11.4 Å². The van der Waals surface area contributed by atoms with E-state index in [0.29, 0.717) is 11.6 Å². The summed E-state index contributed by atoms with van der Waals surface area (Å²) in [5.41, 5.74) is 0.751. The molecule has 0 bridgehead atoms. The van der Waals surface area contributed by atoms with E-state index in [-0.39, 0.29) is 0 Å². The molecule has 2 heterocycles. The molecule has 0 spiro atoms. The molecule has 0 aliphatic rings. The van der Waals surface area contributed by atoms with Crippen molar-refractivity contribution >= 4 is 5.97 Å². The Labute approximate surface area is 98.0 Å². The van der Waals surface area contributed by atoms with Crippen LogP contribution in [0.15, 0.2) is 24.5 Å². The minimum absolute atomic E-state index is 0.519. The highest BCUT2D eigenvalue weighted by molar-refractivity contribution is 5.72. The normalized spacial score (nSPS) is 12.4. The SMILES string of the molecule is Cc1nnc(-c2cccnc2)n1C(C)C(=O)O. The van der Waals surface area contributed by atoms with Crippen molar-refractivity contribution in [2.75, 3.05) is 0 Å². The number of nitrogens with zero attached hydrogens (tertiary/aromatic N) is 4. The Morgan fingerprint density at radius 2 is 2.24 bits per heavy atom. The largest absolute Gasteiger partial charge is 0.480 e. The molecule has 0 radical (unpaired) electrons. The number of aliphatic carboxylic acids is 1. The Balaban J connectivity index is 2.54. The molecule has 0 aromatic carbocycles. The first-order chi connectivity index (χ1) is 8.11. The van der Waals surface area contributed by atoms with Crippen molar-refractivity contribution in [3.05, 3.63) is 30.4 Å². The number of carboxylic acid groups (broad SMARTS) is 1. The highest BCUT2D eigenvalue weighted by Crippen LogP contribution is 2.21. The van der Waals surface area contributed by atoms with Crippen LogP contribution in [0, 0.1) is 6.92 Å². The van der Waals surface area contributed by atoms with Gasteiger partial charge in [0, 0.05) is 18.0 Å². The number of carboxylic acids is 1. The Kier molecular flexibility index (Phi) is 2.86. The van der Waals surface area contributed by atoms with E-state index in [1.54, 1.807) is 36.9 Å². The molecule has 0 aliphatic carbocycles. The highest BCUT2D eigenvalue weighted by atomic mass is 16.4. The number of rotatable bonds is 3. The Bertz CT molecular complexity index is 536. The zero-order valence-electron chi connectivity index (χ0n) is 9.53. The summed E-state index contributed by atoms with van der Waals surface area (Å²) < 4.78 is 1.58. The fourth-order valence-electron chi connectivity index (χ4n) is 1.64. The minimum Gasteiger partial charge on any atom is -0.480 e. The van der Waals surface area contributed by atoms with Gasteiger partial charge in [0.1, 0.15) is 11.9 Å². The number of hydrogen-bond acceptors (Lipinski definition) is 4. The van der Waals surface area contributed by atoms with Crippen LogP contribution in [0.3, 0.4) is 0 Å². The maximum absolute atomic E-state index is 11.0. The van der Waals surface area contributed by atoms with E-state index in [2.05, 4.69) is 15.2 Å². The number of hydrogen-bond donors (Lipinski definition) is 1. The van der Waals surface area contributed by atoms with Crippen molar-refractivity contribution in [3.63, 3.8) is 0 Å². The van der Waals surface area contributed by atoms with Gasteiger partial charge in [-0.1, -0.05) is 0 Å². The molecule has 2 aromatic heterocycles. The van der Waals surface area contributed by atoms with E-state index in [0.717, 1.165) is 5.56 Å². The van der Waals surface area contributed by atoms with Gasteiger partial charge in [-0.05, 0) is 26.0 Å². The second-order valence-electron chi connectivity index (χ2n) is 3.70. The first-order valence-electron chi connectivity index (χ1n) is 5.16. The maximum Gasteiger partial charge on any atom is 0.326 e. The average molecular weight is 232 g/mol. The Hall–Kier alpha value is -2.24. The molecule has 88 valence electrons. The number of aromatic nitrogens is 4. The molecular weight excluding hydrogens is 220 g/mol. The van der Waals surface area contributed by atoms with Gasteiger partial charge in [0.25, 0.3) is 0 Å². The summed E-state index contributed by atoms with van der Waals surface area (Å²) >= 11 is 0. The van der Waals surface area contributed by atoms with E-state index in [1.807, 2.05) is 6.07 Å². The summed E-state index contributed by atoms with van der Waals surface area (Å²) in [6.45, 7) is 3.32. The van der Waals surface area contributed by atoms with E-state index >= 15 is 0 Å². The van der Waals surface area contributed by atoms with E-state index in [1.165, 1.54) is 0 Å². The maximum atomic E-state index is 11.0. The molecule has 0 aliphatic heterocycles. The molecule has 2 aromatic rings. The molecule has 6 heteroatoms. The van der Waals surface area contributed by atoms with Crippen molar-refractivity contribution in [2.45, 2.75) is 19.9 Å². The van der Waals surface area contributed by atoms with Crippen molar-refractivity contribution < 1.29 is 9.90 Å². The van der Waals surface area contributed by atoms with Gasteiger partial charge in [-0.25, -0.2) is 4.79 Å². The predicted molar refractivity (Wildman–Crippen MR) is 60.3 cm³/mol. The topological polar surface area (TPSA) is 80.9 Å². The van der Waals surface area contributed by atoms with E-state index < -0.39 is 12.0 Å². The predicted octanol–water partition coefficient (Wildman–Crippen LogP) is 1.29. The molecule has 0 saturated carbocycles. The van der Waals surface area contributed by atoms with Crippen molar-refractivity contribution in [1.82, 2.24) is 19.7 Å². The fourth-order valence-corrected chi connectivity index (χ4v) is 1.64. The average Bonchev–Trinajstić information content (AvgIpc) is 2.71. The fraction of sp³-hybridized carbons (Fsp3) is 0.273. The highest BCUT2D eigenvalue weighted by Gasteiger charge is 2.21. The van der Waals surface area contributed by atoms with Gasteiger partial charge in [-0.15, -0.1) is 10.2 Å². The first kappa shape index (κ1) is 11.3. The first-order valence-corrected chi connectivity index (χ1v) is 5.16. The third-order valence-electron chi connectivity index (χ3n) is 2.53. The number of aryl methyl sites for hydroxylation is 1. The van der Waals surface area contributed by atoms with Gasteiger partial charge in [-0.2, -0.15) is 0 Å². The van der Waals surface area contributed by atoms with Gasteiger partial charge in [0.15, 0.2) is 5.82 Å². The third-order valence-corrected chi connectivity index (χ3v) is 2.53. The van der Waals surface area contributed by atoms with Crippen LogP contribution < -0.4 is 0 Å². The summed E-state index contributed by atoms with van der Waals surface area (Å²) in [4.78, 5) is 15.0.